The lowest BCUT2D eigenvalue weighted by atomic mass is 10.0. The van der Waals surface area contributed by atoms with Crippen LogP contribution in [0.15, 0.2) is 29.2 Å². The monoisotopic (exact) mass is 328 g/mol. The molecular formula is C15H21FN2O3S. The van der Waals surface area contributed by atoms with Crippen LogP contribution >= 0.6 is 0 Å². The highest BCUT2D eigenvalue weighted by atomic mass is 32.2. The van der Waals surface area contributed by atoms with E-state index in [1.807, 2.05) is 6.92 Å². The molecule has 1 aliphatic rings. The molecule has 7 heteroatoms. The van der Waals surface area contributed by atoms with Gasteiger partial charge in [0.05, 0.1) is 10.9 Å². The van der Waals surface area contributed by atoms with Gasteiger partial charge in [0.25, 0.3) is 0 Å². The van der Waals surface area contributed by atoms with Crippen molar-refractivity contribution in [1.29, 1.82) is 0 Å². The number of hydrogen-bond donors (Lipinski definition) is 1. The third-order valence-electron chi connectivity index (χ3n) is 3.89. The van der Waals surface area contributed by atoms with E-state index >= 15 is 0 Å². The van der Waals surface area contributed by atoms with Crippen LogP contribution in [-0.4, -0.2) is 37.9 Å². The van der Waals surface area contributed by atoms with E-state index < -0.39 is 21.9 Å². The average molecular weight is 328 g/mol. The first-order chi connectivity index (χ1) is 10.3. The molecule has 1 fully saturated rings. The van der Waals surface area contributed by atoms with Crippen LogP contribution < -0.4 is 4.72 Å². The fourth-order valence-electron chi connectivity index (χ4n) is 2.66. The molecule has 5 nitrogen and oxygen atoms in total. The van der Waals surface area contributed by atoms with Crippen molar-refractivity contribution in [3.63, 3.8) is 0 Å². The van der Waals surface area contributed by atoms with Gasteiger partial charge in [-0.05, 0) is 51.3 Å². The van der Waals surface area contributed by atoms with Crippen LogP contribution in [0.3, 0.4) is 0 Å². The minimum absolute atomic E-state index is 0.113. The Kier molecular flexibility index (Phi) is 5.18. The molecule has 1 heterocycles. The first-order valence-corrected chi connectivity index (χ1v) is 8.88. The highest BCUT2D eigenvalue weighted by molar-refractivity contribution is 7.89. The Morgan fingerprint density at radius 1 is 1.41 bits per heavy atom. The zero-order chi connectivity index (χ0) is 16.3. The molecule has 0 radical (unpaired) electrons. The van der Waals surface area contributed by atoms with Crippen molar-refractivity contribution in [2.24, 2.45) is 0 Å². The summed E-state index contributed by atoms with van der Waals surface area (Å²) in [6.07, 6.45) is 2.93. The van der Waals surface area contributed by atoms with Gasteiger partial charge in [-0.25, -0.2) is 12.8 Å². The summed E-state index contributed by atoms with van der Waals surface area (Å²) in [5.74, 6) is -0.876. The second kappa shape index (κ2) is 6.75. The number of piperidine rings is 1. The second-order valence-corrected chi connectivity index (χ2v) is 7.39. The van der Waals surface area contributed by atoms with Crippen LogP contribution in [0.1, 0.15) is 33.1 Å². The van der Waals surface area contributed by atoms with Gasteiger partial charge >= 0.3 is 0 Å². The summed E-state index contributed by atoms with van der Waals surface area (Å²) in [7, 11) is -3.92. The van der Waals surface area contributed by atoms with E-state index in [0.717, 1.165) is 25.3 Å². The Morgan fingerprint density at radius 2 is 2.14 bits per heavy atom. The van der Waals surface area contributed by atoms with Gasteiger partial charge in [-0.1, -0.05) is 6.07 Å². The Bertz CT molecular complexity index is 648. The molecule has 1 amide bonds. The number of halogens is 1. The summed E-state index contributed by atoms with van der Waals surface area (Å²) in [6.45, 7) is 4.12. The van der Waals surface area contributed by atoms with Gasteiger partial charge in [-0.3, -0.25) is 4.79 Å². The van der Waals surface area contributed by atoms with Crippen LogP contribution in [0, 0.1) is 5.82 Å². The molecule has 0 unspecified atom stereocenters. The number of rotatable bonds is 4. The number of carbonyl (C=O) groups is 1. The van der Waals surface area contributed by atoms with E-state index in [9.17, 15) is 17.6 Å². The predicted molar refractivity (Wildman–Crippen MR) is 81.2 cm³/mol. The number of nitrogens with zero attached hydrogens (tertiary/aromatic N) is 1. The molecule has 122 valence electrons. The molecule has 1 aliphatic heterocycles. The maximum atomic E-state index is 13.2. The van der Waals surface area contributed by atoms with Gasteiger partial charge in [0, 0.05) is 12.6 Å². The van der Waals surface area contributed by atoms with Crippen molar-refractivity contribution < 1.29 is 17.6 Å². The van der Waals surface area contributed by atoms with Gasteiger partial charge in [0.1, 0.15) is 5.82 Å². The van der Waals surface area contributed by atoms with E-state index in [1.54, 1.807) is 4.90 Å². The molecule has 0 bridgehead atoms. The number of hydrogen-bond acceptors (Lipinski definition) is 3. The average Bonchev–Trinajstić information content (AvgIpc) is 2.46. The maximum absolute atomic E-state index is 13.2. The summed E-state index contributed by atoms with van der Waals surface area (Å²) >= 11 is 0. The summed E-state index contributed by atoms with van der Waals surface area (Å²) in [6, 6.07) is 3.96. The Labute approximate surface area is 130 Å². The molecule has 0 spiro atoms. The van der Waals surface area contributed by atoms with Crippen LogP contribution in [0.5, 0.6) is 0 Å². The zero-order valence-electron chi connectivity index (χ0n) is 12.8. The van der Waals surface area contributed by atoms with Crippen molar-refractivity contribution in [2.45, 2.75) is 50.1 Å². The summed E-state index contributed by atoms with van der Waals surface area (Å²) in [5.41, 5.74) is 0. The molecule has 0 aliphatic carbocycles. The third kappa shape index (κ3) is 3.84. The lowest BCUT2D eigenvalue weighted by Gasteiger charge is -2.35. The molecule has 1 aromatic carbocycles. The van der Waals surface area contributed by atoms with Crippen LogP contribution in [0.2, 0.25) is 0 Å². The van der Waals surface area contributed by atoms with E-state index in [2.05, 4.69) is 4.72 Å². The lowest BCUT2D eigenvalue weighted by molar-refractivity contribution is -0.135. The van der Waals surface area contributed by atoms with Gasteiger partial charge in [-0.2, -0.15) is 4.72 Å². The Balaban J connectivity index is 2.10. The minimum atomic E-state index is -3.92. The number of likely N-dealkylation sites (tertiary alicyclic amines) is 1. The smallest absolute Gasteiger partial charge is 0.241 e. The largest absolute Gasteiger partial charge is 0.339 e. The van der Waals surface area contributed by atoms with E-state index in [-0.39, 0.29) is 16.8 Å². The van der Waals surface area contributed by atoms with Gasteiger partial charge < -0.3 is 4.90 Å². The molecule has 1 aromatic rings. The molecule has 2 rings (SSSR count). The first kappa shape index (κ1) is 16.9. The molecule has 22 heavy (non-hydrogen) atoms. The maximum Gasteiger partial charge on any atom is 0.241 e. The first-order valence-electron chi connectivity index (χ1n) is 7.39. The summed E-state index contributed by atoms with van der Waals surface area (Å²) < 4.78 is 39.9. The number of amides is 1. The number of carbonyl (C=O) groups excluding carboxylic acids is 1. The summed E-state index contributed by atoms with van der Waals surface area (Å²) in [5, 5.41) is 0. The zero-order valence-corrected chi connectivity index (χ0v) is 13.6. The highest BCUT2D eigenvalue weighted by Gasteiger charge is 2.29. The number of benzene rings is 1. The molecule has 2 atom stereocenters. The normalized spacial score (nSPS) is 20.7. The molecule has 1 saturated heterocycles. The SMILES string of the molecule is C[C@@H]1CCCCN1C(=O)[C@@H](C)NS(=O)(=O)c1cccc(F)c1. The van der Waals surface area contributed by atoms with Crippen LogP contribution in [-0.2, 0) is 14.8 Å². The minimum Gasteiger partial charge on any atom is -0.339 e. The van der Waals surface area contributed by atoms with Crippen molar-refractivity contribution in [1.82, 2.24) is 9.62 Å². The number of sulfonamides is 1. The lowest BCUT2D eigenvalue weighted by Crippen LogP contribution is -2.51. The fraction of sp³-hybridized carbons (Fsp3) is 0.533. The quantitative estimate of drug-likeness (QED) is 0.918. The van der Waals surface area contributed by atoms with Crippen molar-refractivity contribution in [3.8, 4) is 0 Å². The van der Waals surface area contributed by atoms with Crippen molar-refractivity contribution >= 4 is 15.9 Å². The van der Waals surface area contributed by atoms with E-state index in [1.165, 1.54) is 25.1 Å². The van der Waals surface area contributed by atoms with Crippen molar-refractivity contribution in [2.75, 3.05) is 6.54 Å². The molecule has 0 aromatic heterocycles. The molecule has 0 saturated carbocycles. The predicted octanol–water partition coefficient (Wildman–Crippen LogP) is 1.89. The van der Waals surface area contributed by atoms with E-state index in [0.29, 0.717) is 6.54 Å². The second-order valence-electron chi connectivity index (χ2n) is 5.68. The Hall–Kier alpha value is -1.47. The topological polar surface area (TPSA) is 66.5 Å². The van der Waals surface area contributed by atoms with Gasteiger partial charge in [0.15, 0.2) is 0 Å². The molecule has 1 N–H and O–H groups in total. The van der Waals surface area contributed by atoms with Gasteiger partial charge in [0.2, 0.25) is 15.9 Å². The molecular weight excluding hydrogens is 307 g/mol. The van der Waals surface area contributed by atoms with E-state index in [4.69, 9.17) is 0 Å². The van der Waals surface area contributed by atoms with Crippen molar-refractivity contribution in [3.05, 3.63) is 30.1 Å². The van der Waals surface area contributed by atoms with Gasteiger partial charge in [-0.15, -0.1) is 0 Å². The summed E-state index contributed by atoms with van der Waals surface area (Å²) in [4.78, 5) is 13.9. The fourth-order valence-corrected chi connectivity index (χ4v) is 3.89. The third-order valence-corrected chi connectivity index (χ3v) is 5.43. The highest BCUT2D eigenvalue weighted by Crippen LogP contribution is 2.18. The standard InChI is InChI=1S/C15H21FN2O3S/c1-11-6-3-4-9-18(11)15(19)12(2)17-22(20,21)14-8-5-7-13(16)10-14/h5,7-8,10-12,17H,3-4,6,9H2,1-2H3/t11-,12-/m1/s1. The number of nitrogens with one attached hydrogen (secondary N) is 1. The Morgan fingerprint density at radius 3 is 2.77 bits per heavy atom. The van der Waals surface area contributed by atoms with Crippen LogP contribution in [0.25, 0.3) is 0 Å². The van der Waals surface area contributed by atoms with Crippen LogP contribution in [0.4, 0.5) is 4.39 Å².